The third-order valence-corrected chi connectivity index (χ3v) is 4.82. The third kappa shape index (κ3) is 5.32. The van der Waals surface area contributed by atoms with Gasteiger partial charge in [0.1, 0.15) is 0 Å². The van der Waals surface area contributed by atoms with Crippen molar-refractivity contribution in [3.63, 3.8) is 0 Å². The highest BCUT2D eigenvalue weighted by molar-refractivity contribution is 7.91. The number of carbonyl (C=O) groups excluding carboxylic acids is 1. The summed E-state index contributed by atoms with van der Waals surface area (Å²) in [6.07, 6.45) is 3.46. The first-order valence-corrected chi connectivity index (χ1v) is 8.74. The third-order valence-electron chi connectivity index (χ3n) is 3.13. The summed E-state index contributed by atoms with van der Waals surface area (Å²) >= 11 is 0. The Balaban J connectivity index is 2.53. The van der Waals surface area contributed by atoms with Crippen LogP contribution in [0.5, 0.6) is 0 Å². The monoisotopic (exact) mass is 301 g/mol. The molecule has 0 bridgehead atoms. The summed E-state index contributed by atoms with van der Waals surface area (Å²) in [7, 11) is -3.00. The van der Waals surface area contributed by atoms with E-state index in [0.29, 0.717) is 12.4 Å². The summed E-state index contributed by atoms with van der Waals surface area (Å²) in [5, 5.41) is 6.89. The largest absolute Gasteiger partial charge is 0.309 e. The second-order valence-corrected chi connectivity index (χ2v) is 7.35. The average molecular weight is 301 g/mol. The van der Waals surface area contributed by atoms with Crippen LogP contribution < -0.4 is 5.32 Å². The number of hydrogen-bond acceptors (Lipinski definition) is 4. The minimum absolute atomic E-state index is 0.0504. The Labute approximate surface area is 120 Å². The predicted molar refractivity (Wildman–Crippen MR) is 79.3 cm³/mol. The van der Waals surface area contributed by atoms with E-state index in [1.54, 1.807) is 19.2 Å². The molecule has 0 radical (unpaired) electrons. The smallest absolute Gasteiger partial charge is 0.228 e. The van der Waals surface area contributed by atoms with Crippen molar-refractivity contribution >= 4 is 21.6 Å². The lowest BCUT2D eigenvalue weighted by Gasteiger charge is -2.08. The Morgan fingerprint density at radius 1 is 1.45 bits per heavy atom. The summed E-state index contributed by atoms with van der Waals surface area (Å²) < 4.78 is 24.4. The quantitative estimate of drug-likeness (QED) is 0.792. The van der Waals surface area contributed by atoms with E-state index in [9.17, 15) is 13.2 Å². The van der Waals surface area contributed by atoms with E-state index < -0.39 is 9.84 Å². The molecule has 0 aliphatic heterocycles. The SMILES string of the molecule is CCCC(C)C(=O)Nc1ccn(CCS(=O)(=O)CC)n1. The number of sulfone groups is 1. The summed E-state index contributed by atoms with van der Waals surface area (Å²) in [5.74, 6) is 0.549. The molecule has 1 heterocycles. The molecule has 114 valence electrons. The second-order valence-electron chi connectivity index (χ2n) is 4.88. The molecule has 0 aliphatic rings. The summed E-state index contributed by atoms with van der Waals surface area (Å²) in [6, 6.07) is 1.68. The number of nitrogens with zero attached hydrogens (tertiary/aromatic N) is 2. The molecule has 0 spiro atoms. The van der Waals surface area contributed by atoms with Gasteiger partial charge in [-0.1, -0.05) is 27.2 Å². The number of carbonyl (C=O) groups is 1. The standard InChI is InChI=1S/C13H23N3O3S/c1-4-6-11(3)13(17)14-12-7-8-16(15-12)9-10-20(18,19)5-2/h7-8,11H,4-6,9-10H2,1-3H3,(H,14,15,17). The molecule has 0 aromatic carbocycles. The van der Waals surface area contributed by atoms with Gasteiger partial charge in [0.05, 0.1) is 12.3 Å². The normalized spacial score (nSPS) is 13.2. The van der Waals surface area contributed by atoms with Crippen LogP contribution in [0, 0.1) is 5.92 Å². The van der Waals surface area contributed by atoms with E-state index in [4.69, 9.17) is 0 Å². The Morgan fingerprint density at radius 2 is 2.15 bits per heavy atom. The van der Waals surface area contributed by atoms with Crippen LogP contribution in [0.3, 0.4) is 0 Å². The Hall–Kier alpha value is -1.37. The topological polar surface area (TPSA) is 81.1 Å². The van der Waals surface area contributed by atoms with Crippen LogP contribution in [-0.4, -0.2) is 35.6 Å². The van der Waals surface area contributed by atoms with Crippen molar-refractivity contribution in [1.82, 2.24) is 9.78 Å². The number of anilines is 1. The van der Waals surface area contributed by atoms with Gasteiger partial charge < -0.3 is 5.32 Å². The van der Waals surface area contributed by atoms with E-state index in [2.05, 4.69) is 10.4 Å². The maximum atomic E-state index is 11.8. The van der Waals surface area contributed by atoms with Crippen molar-refractivity contribution in [2.45, 2.75) is 40.2 Å². The summed E-state index contributed by atoms with van der Waals surface area (Å²) in [4.78, 5) is 11.8. The van der Waals surface area contributed by atoms with Gasteiger partial charge in [0, 0.05) is 23.9 Å². The Morgan fingerprint density at radius 3 is 2.75 bits per heavy atom. The van der Waals surface area contributed by atoms with Crippen molar-refractivity contribution in [3.8, 4) is 0 Å². The lowest BCUT2D eigenvalue weighted by Crippen LogP contribution is -2.21. The first-order valence-electron chi connectivity index (χ1n) is 6.92. The van der Waals surface area contributed by atoms with Crippen molar-refractivity contribution in [1.29, 1.82) is 0 Å². The molecule has 1 aromatic heterocycles. The van der Waals surface area contributed by atoms with Crippen LogP contribution in [0.2, 0.25) is 0 Å². The fraction of sp³-hybridized carbons (Fsp3) is 0.692. The molecular weight excluding hydrogens is 278 g/mol. The van der Waals surface area contributed by atoms with E-state index in [0.717, 1.165) is 12.8 Å². The number of amides is 1. The lowest BCUT2D eigenvalue weighted by molar-refractivity contribution is -0.119. The van der Waals surface area contributed by atoms with E-state index >= 15 is 0 Å². The molecule has 1 rings (SSSR count). The minimum atomic E-state index is -3.00. The molecule has 1 aromatic rings. The van der Waals surface area contributed by atoms with Crippen LogP contribution in [-0.2, 0) is 21.2 Å². The summed E-state index contributed by atoms with van der Waals surface area (Å²) in [5.41, 5.74) is 0. The van der Waals surface area contributed by atoms with Gasteiger partial charge in [-0.3, -0.25) is 9.48 Å². The molecule has 7 heteroatoms. The van der Waals surface area contributed by atoms with Crippen LogP contribution in [0.4, 0.5) is 5.82 Å². The molecule has 1 atom stereocenters. The molecule has 6 nitrogen and oxygen atoms in total. The van der Waals surface area contributed by atoms with E-state index in [1.807, 2.05) is 13.8 Å². The van der Waals surface area contributed by atoms with Crippen molar-refractivity contribution in [3.05, 3.63) is 12.3 Å². The fourth-order valence-corrected chi connectivity index (χ4v) is 2.50. The number of nitrogens with one attached hydrogen (secondary N) is 1. The van der Waals surface area contributed by atoms with Gasteiger partial charge in [0.25, 0.3) is 0 Å². The first kappa shape index (κ1) is 16.7. The lowest BCUT2D eigenvalue weighted by atomic mass is 10.1. The molecule has 1 N–H and O–H groups in total. The van der Waals surface area contributed by atoms with Crippen LogP contribution >= 0.6 is 0 Å². The van der Waals surface area contributed by atoms with Gasteiger partial charge in [-0.25, -0.2) is 8.42 Å². The second kappa shape index (κ2) is 7.42. The molecule has 1 unspecified atom stereocenters. The highest BCUT2D eigenvalue weighted by atomic mass is 32.2. The predicted octanol–water partition coefficient (Wildman–Crippen LogP) is 1.69. The van der Waals surface area contributed by atoms with Crippen molar-refractivity contribution in [2.24, 2.45) is 5.92 Å². The molecule has 0 saturated carbocycles. The first-order chi connectivity index (χ1) is 9.38. The van der Waals surface area contributed by atoms with Crippen molar-refractivity contribution in [2.75, 3.05) is 16.8 Å². The van der Waals surface area contributed by atoms with Gasteiger partial charge >= 0.3 is 0 Å². The van der Waals surface area contributed by atoms with Crippen LogP contribution in [0.1, 0.15) is 33.6 Å². The van der Waals surface area contributed by atoms with E-state index in [-0.39, 0.29) is 23.3 Å². The van der Waals surface area contributed by atoms with Gasteiger partial charge in [-0.15, -0.1) is 0 Å². The maximum absolute atomic E-state index is 11.8. The molecular formula is C13H23N3O3S. The highest BCUT2D eigenvalue weighted by Crippen LogP contribution is 2.10. The zero-order valence-electron chi connectivity index (χ0n) is 12.3. The zero-order chi connectivity index (χ0) is 15.2. The number of aryl methyl sites for hydroxylation is 1. The molecule has 0 saturated heterocycles. The Kier molecular flexibility index (Phi) is 6.19. The Bertz CT molecular complexity index is 537. The van der Waals surface area contributed by atoms with Gasteiger partial charge in [0.15, 0.2) is 15.7 Å². The number of rotatable bonds is 8. The highest BCUT2D eigenvalue weighted by Gasteiger charge is 2.13. The van der Waals surface area contributed by atoms with Gasteiger partial charge in [-0.2, -0.15) is 5.10 Å². The molecule has 1 amide bonds. The van der Waals surface area contributed by atoms with Crippen molar-refractivity contribution < 1.29 is 13.2 Å². The maximum Gasteiger partial charge on any atom is 0.228 e. The number of hydrogen-bond donors (Lipinski definition) is 1. The minimum Gasteiger partial charge on any atom is -0.309 e. The van der Waals surface area contributed by atoms with E-state index in [1.165, 1.54) is 4.68 Å². The van der Waals surface area contributed by atoms with Gasteiger partial charge in [0.2, 0.25) is 5.91 Å². The molecule has 20 heavy (non-hydrogen) atoms. The average Bonchev–Trinajstić information content (AvgIpc) is 2.84. The summed E-state index contributed by atoms with van der Waals surface area (Å²) in [6.45, 7) is 5.84. The van der Waals surface area contributed by atoms with Crippen LogP contribution in [0.15, 0.2) is 12.3 Å². The fourth-order valence-electron chi connectivity index (χ4n) is 1.74. The van der Waals surface area contributed by atoms with Gasteiger partial charge in [-0.05, 0) is 6.42 Å². The molecule has 0 aliphatic carbocycles. The molecule has 0 fully saturated rings. The number of aromatic nitrogens is 2. The zero-order valence-corrected chi connectivity index (χ0v) is 13.1. The van der Waals surface area contributed by atoms with Crippen LogP contribution in [0.25, 0.3) is 0 Å².